The van der Waals surface area contributed by atoms with Gasteiger partial charge in [-0.3, -0.25) is 4.79 Å². The predicted molar refractivity (Wildman–Crippen MR) is 108 cm³/mol. The van der Waals surface area contributed by atoms with Crippen LogP contribution in [0.1, 0.15) is 25.2 Å². The molecule has 2 heterocycles. The Balaban J connectivity index is 1.77. The summed E-state index contributed by atoms with van der Waals surface area (Å²) in [6.45, 7) is -1.31. The van der Waals surface area contributed by atoms with E-state index in [1.807, 2.05) is 0 Å². The zero-order valence-corrected chi connectivity index (χ0v) is 17.9. The Labute approximate surface area is 181 Å². The Morgan fingerprint density at radius 3 is 2.71 bits per heavy atom. The number of rotatable bonds is 7. The normalized spacial score (nSPS) is 17.7. The Bertz CT molecular complexity index is 1130. The summed E-state index contributed by atoms with van der Waals surface area (Å²) in [5, 5.41) is 6.15. The van der Waals surface area contributed by atoms with Crippen molar-refractivity contribution in [3.63, 3.8) is 0 Å². The van der Waals surface area contributed by atoms with Crippen molar-refractivity contribution in [3.8, 4) is 11.6 Å². The number of hydrogen-bond donors (Lipinski definition) is 1. The van der Waals surface area contributed by atoms with E-state index in [-0.39, 0.29) is 28.5 Å². The highest BCUT2D eigenvalue weighted by atomic mass is 35.5. The minimum atomic E-state index is -3.52. The second kappa shape index (κ2) is 9.10. The number of hydrogen-bond acceptors (Lipinski definition) is 7. The van der Waals surface area contributed by atoms with Gasteiger partial charge < -0.3 is 10.1 Å². The predicted octanol–water partition coefficient (Wildman–Crippen LogP) is 2.31. The van der Waals surface area contributed by atoms with E-state index in [1.54, 1.807) is 6.92 Å². The molecule has 1 aliphatic carbocycles. The van der Waals surface area contributed by atoms with Crippen LogP contribution in [0.3, 0.4) is 0 Å². The molecule has 9 nitrogen and oxygen atoms in total. The van der Waals surface area contributed by atoms with Gasteiger partial charge in [0.25, 0.3) is 0 Å². The molecule has 3 rings (SSSR count). The molecular formula is C18H18ClF2N5O4S. The van der Waals surface area contributed by atoms with Gasteiger partial charge in [0.2, 0.25) is 5.91 Å². The molecule has 166 valence electrons. The van der Waals surface area contributed by atoms with Gasteiger partial charge in [-0.1, -0.05) is 0 Å². The second-order valence-corrected chi connectivity index (χ2v) is 9.26. The highest BCUT2D eigenvalue weighted by Gasteiger charge is 2.25. The maximum atomic E-state index is 12.7. The molecule has 0 saturated heterocycles. The number of carbonyl (C=O) groups is 1. The first-order chi connectivity index (χ1) is 14.5. The van der Waals surface area contributed by atoms with Gasteiger partial charge in [0.15, 0.2) is 21.5 Å². The lowest BCUT2D eigenvalue weighted by Gasteiger charge is -2.19. The van der Waals surface area contributed by atoms with Gasteiger partial charge >= 0.3 is 6.61 Å². The van der Waals surface area contributed by atoms with Gasteiger partial charge in [0, 0.05) is 11.8 Å². The van der Waals surface area contributed by atoms with Crippen LogP contribution in [-0.4, -0.2) is 52.3 Å². The third kappa shape index (κ3) is 5.64. The smallest absolute Gasteiger partial charge is 0.387 e. The molecule has 0 bridgehead atoms. The summed E-state index contributed by atoms with van der Waals surface area (Å²) in [5.74, 6) is -0.0248. The zero-order chi connectivity index (χ0) is 22.8. The number of allylic oxidation sites excluding steroid dienone is 2. The van der Waals surface area contributed by atoms with Crippen LogP contribution in [-0.2, 0) is 14.6 Å². The number of amides is 1. The summed E-state index contributed by atoms with van der Waals surface area (Å²) in [7, 11) is -3.52. The molecule has 2 atom stereocenters. The second-order valence-electron chi connectivity index (χ2n) is 6.69. The number of aromatic nitrogens is 4. The quantitative estimate of drug-likeness (QED) is 0.613. The molecule has 1 N–H and O–H groups in total. The third-order valence-corrected chi connectivity index (χ3v) is 5.66. The summed E-state index contributed by atoms with van der Waals surface area (Å²) < 4.78 is 53.8. The highest BCUT2D eigenvalue weighted by molar-refractivity contribution is 7.94. The molecular weight excluding hydrogens is 456 g/mol. The first-order valence-electron chi connectivity index (χ1n) is 8.93. The standard InChI is InChI=1S/C18H18ClF2N5O4S/c1-10(25-17(27)11-5-12(19)7-14(6-11)31(2,28)29)16-23-9-24-26(16)15-4-3-13(8-22-15)30-18(20)21/h3-4,6-10,12,18H,5H2,1-2H3,(H,25,27)/t10-,12?/m0/s1. The molecule has 2 aromatic heterocycles. The fourth-order valence-corrected chi connectivity index (χ4v) is 4.01. The Morgan fingerprint density at radius 1 is 1.35 bits per heavy atom. The lowest BCUT2D eigenvalue weighted by Crippen LogP contribution is -2.31. The summed E-state index contributed by atoms with van der Waals surface area (Å²) in [5.41, 5.74) is 0.215. The van der Waals surface area contributed by atoms with E-state index >= 15 is 0 Å². The summed E-state index contributed by atoms with van der Waals surface area (Å²) in [6.07, 6.45) is 6.25. The van der Waals surface area contributed by atoms with Crippen LogP contribution in [0.15, 0.2) is 47.3 Å². The molecule has 0 saturated carbocycles. The molecule has 0 aliphatic heterocycles. The van der Waals surface area contributed by atoms with Gasteiger partial charge in [-0.25, -0.2) is 18.4 Å². The van der Waals surface area contributed by atoms with Crippen LogP contribution in [0, 0.1) is 0 Å². The lowest BCUT2D eigenvalue weighted by molar-refractivity contribution is -0.118. The van der Waals surface area contributed by atoms with E-state index < -0.39 is 33.8 Å². The Kier molecular flexibility index (Phi) is 6.70. The fraction of sp³-hybridized carbons (Fsp3) is 0.333. The van der Waals surface area contributed by atoms with Crippen LogP contribution in [0.4, 0.5) is 8.78 Å². The van der Waals surface area contributed by atoms with Crippen LogP contribution >= 0.6 is 11.6 Å². The number of ether oxygens (including phenoxy) is 1. The Morgan fingerprint density at radius 2 is 2.10 bits per heavy atom. The first-order valence-corrected chi connectivity index (χ1v) is 11.3. The van der Waals surface area contributed by atoms with Crippen LogP contribution in [0.5, 0.6) is 5.75 Å². The topological polar surface area (TPSA) is 116 Å². The monoisotopic (exact) mass is 473 g/mol. The van der Waals surface area contributed by atoms with Crippen molar-refractivity contribution in [2.75, 3.05) is 6.26 Å². The number of nitrogens with zero attached hydrogens (tertiary/aromatic N) is 4. The first kappa shape index (κ1) is 22.8. The molecule has 0 aromatic carbocycles. The van der Waals surface area contributed by atoms with E-state index in [0.29, 0.717) is 5.82 Å². The zero-order valence-electron chi connectivity index (χ0n) is 16.4. The minimum absolute atomic E-state index is 0.0185. The molecule has 0 fully saturated rings. The van der Waals surface area contributed by atoms with Crippen LogP contribution < -0.4 is 10.1 Å². The lowest BCUT2D eigenvalue weighted by atomic mass is 10.0. The minimum Gasteiger partial charge on any atom is -0.433 e. The van der Waals surface area contributed by atoms with Crippen LogP contribution in [0.2, 0.25) is 0 Å². The number of carbonyl (C=O) groups excluding carboxylic acids is 1. The molecule has 1 amide bonds. The molecule has 1 unspecified atom stereocenters. The summed E-state index contributed by atoms with van der Waals surface area (Å²) in [6, 6.07) is 2.07. The fourth-order valence-electron chi connectivity index (χ4n) is 2.86. The van der Waals surface area contributed by atoms with Crippen molar-refractivity contribution in [3.05, 3.63) is 53.1 Å². The highest BCUT2D eigenvalue weighted by Crippen LogP contribution is 2.25. The summed E-state index contributed by atoms with van der Waals surface area (Å²) in [4.78, 5) is 20.8. The van der Waals surface area contributed by atoms with Gasteiger partial charge in [0.1, 0.15) is 12.1 Å². The van der Waals surface area contributed by atoms with Gasteiger partial charge in [-0.05, 0) is 37.6 Å². The number of alkyl halides is 3. The Hall–Kier alpha value is -2.86. The summed E-state index contributed by atoms with van der Waals surface area (Å²) >= 11 is 6.09. The number of nitrogens with one attached hydrogen (secondary N) is 1. The van der Waals surface area contributed by atoms with Crippen molar-refractivity contribution in [1.82, 2.24) is 25.1 Å². The van der Waals surface area contributed by atoms with Crippen LogP contribution in [0.25, 0.3) is 5.82 Å². The van der Waals surface area contributed by atoms with Crippen molar-refractivity contribution in [2.24, 2.45) is 0 Å². The van der Waals surface area contributed by atoms with E-state index in [0.717, 1.165) is 12.5 Å². The average molecular weight is 474 g/mol. The molecule has 31 heavy (non-hydrogen) atoms. The average Bonchev–Trinajstić information content (AvgIpc) is 3.17. The molecule has 2 aromatic rings. The van der Waals surface area contributed by atoms with Gasteiger partial charge in [-0.2, -0.15) is 18.6 Å². The number of pyridine rings is 1. The molecule has 0 spiro atoms. The molecule has 0 radical (unpaired) electrons. The van der Waals surface area contributed by atoms with E-state index in [4.69, 9.17) is 11.6 Å². The van der Waals surface area contributed by atoms with E-state index in [2.05, 4.69) is 25.1 Å². The molecule has 13 heteroatoms. The third-order valence-electron chi connectivity index (χ3n) is 4.27. The van der Waals surface area contributed by atoms with E-state index in [9.17, 15) is 22.0 Å². The van der Waals surface area contributed by atoms with Gasteiger partial charge in [-0.15, -0.1) is 11.6 Å². The number of halogens is 3. The van der Waals surface area contributed by atoms with E-state index in [1.165, 1.54) is 35.3 Å². The van der Waals surface area contributed by atoms with Crippen molar-refractivity contribution >= 4 is 27.3 Å². The SMILES string of the molecule is C[C@H](NC(=O)C1=CC(S(C)(=O)=O)=CC(Cl)C1)c1ncnn1-c1ccc(OC(F)F)cn1. The van der Waals surface area contributed by atoms with Gasteiger partial charge in [0.05, 0.1) is 22.5 Å². The van der Waals surface area contributed by atoms with Crippen molar-refractivity contribution in [2.45, 2.75) is 31.4 Å². The maximum Gasteiger partial charge on any atom is 0.387 e. The molecule has 1 aliphatic rings. The maximum absolute atomic E-state index is 12.7. The largest absolute Gasteiger partial charge is 0.433 e. The van der Waals surface area contributed by atoms with Crippen molar-refractivity contribution in [1.29, 1.82) is 0 Å². The number of sulfone groups is 1. The van der Waals surface area contributed by atoms with Crippen molar-refractivity contribution < 1.29 is 26.7 Å².